The molecule has 11 aromatic rings. The Morgan fingerprint density at radius 1 is 0.473 bits per heavy atom. The second kappa shape index (κ2) is 12.2. The van der Waals surface area contributed by atoms with Crippen molar-refractivity contribution in [3.63, 3.8) is 0 Å². The van der Waals surface area contributed by atoms with Crippen molar-refractivity contribution >= 4 is 65.2 Å². The first-order valence-electron chi connectivity index (χ1n) is 18.5. The van der Waals surface area contributed by atoms with E-state index >= 15 is 0 Å². The molecule has 0 atom stereocenters. The van der Waals surface area contributed by atoms with Crippen molar-refractivity contribution in [1.29, 1.82) is 5.26 Å². The average molecular weight is 699 g/mol. The maximum Gasteiger partial charge on any atom is 0.0991 e. The van der Waals surface area contributed by atoms with Crippen molar-refractivity contribution in [2.75, 3.05) is 0 Å². The number of para-hydroxylation sites is 3. The van der Waals surface area contributed by atoms with Gasteiger partial charge in [0.05, 0.1) is 39.4 Å². The summed E-state index contributed by atoms with van der Waals surface area (Å²) in [4.78, 5) is 10.2. The van der Waals surface area contributed by atoms with E-state index in [4.69, 9.17) is 9.97 Å². The molecule has 0 saturated heterocycles. The molecular weight excluding hydrogens is 669 g/mol. The van der Waals surface area contributed by atoms with E-state index in [0.717, 1.165) is 88.2 Å². The molecule has 0 aliphatic heterocycles. The molecule has 0 aliphatic rings. The zero-order chi connectivity index (χ0) is 36.5. The van der Waals surface area contributed by atoms with Gasteiger partial charge in [-0.1, -0.05) is 115 Å². The van der Waals surface area contributed by atoms with Crippen LogP contribution in [0.15, 0.2) is 182 Å². The van der Waals surface area contributed by atoms with Gasteiger partial charge in [-0.25, -0.2) is 4.98 Å². The molecule has 0 amide bonds. The number of nitriles is 1. The molecule has 0 fully saturated rings. The van der Waals surface area contributed by atoms with E-state index in [-0.39, 0.29) is 0 Å². The smallest absolute Gasteiger partial charge is 0.0991 e. The summed E-state index contributed by atoms with van der Waals surface area (Å²) in [6.07, 6.45) is 1.87. The maximum atomic E-state index is 9.77. The lowest BCUT2D eigenvalue weighted by atomic mass is 9.89. The largest absolute Gasteiger partial charge is 0.309 e. The lowest BCUT2D eigenvalue weighted by molar-refractivity contribution is 1.18. The SMILES string of the molecule is N#Cc1ccc2c(c1)c1cc(-c3ccc(-c4nc5ccccc5c5c4cc(-c4cccc6cccnc46)c4ccccc45)cc3)ccc1n2-c1ccccc1. The van der Waals surface area contributed by atoms with Crippen LogP contribution in [0, 0.1) is 11.3 Å². The summed E-state index contributed by atoms with van der Waals surface area (Å²) in [6, 6.07) is 64.2. The van der Waals surface area contributed by atoms with Gasteiger partial charge in [0.1, 0.15) is 0 Å². The number of benzene rings is 8. The fourth-order valence-corrected chi connectivity index (χ4v) is 8.53. The van der Waals surface area contributed by atoms with Crippen LogP contribution in [-0.2, 0) is 0 Å². The molecule has 3 aromatic heterocycles. The van der Waals surface area contributed by atoms with Crippen LogP contribution in [0.4, 0.5) is 0 Å². The van der Waals surface area contributed by atoms with Crippen LogP contribution in [0.2, 0.25) is 0 Å². The van der Waals surface area contributed by atoms with Crippen molar-refractivity contribution < 1.29 is 0 Å². The highest BCUT2D eigenvalue weighted by molar-refractivity contribution is 6.26. The fourth-order valence-electron chi connectivity index (χ4n) is 8.53. The lowest BCUT2D eigenvalue weighted by Crippen LogP contribution is -1.94. The molecule has 55 heavy (non-hydrogen) atoms. The number of nitrogens with zero attached hydrogens (tertiary/aromatic N) is 4. The van der Waals surface area contributed by atoms with Crippen LogP contribution >= 0.6 is 0 Å². The molecule has 4 nitrogen and oxygen atoms in total. The van der Waals surface area contributed by atoms with Crippen LogP contribution in [0.3, 0.4) is 0 Å². The second-order valence-corrected chi connectivity index (χ2v) is 14.1. The zero-order valence-corrected chi connectivity index (χ0v) is 29.6. The van der Waals surface area contributed by atoms with Crippen molar-refractivity contribution in [3.05, 3.63) is 188 Å². The van der Waals surface area contributed by atoms with Gasteiger partial charge < -0.3 is 4.57 Å². The fraction of sp³-hybridized carbons (Fsp3) is 0. The first kappa shape index (κ1) is 31.0. The molecule has 8 aromatic carbocycles. The first-order chi connectivity index (χ1) is 27.2. The maximum absolute atomic E-state index is 9.77. The van der Waals surface area contributed by atoms with Gasteiger partial charge in [0.15, 0.2) is 0 Å². The molecule has 0 saturated carbocycles. The minimum Gasteiger partial charge on any atom is -0.309 e. The van der Waals surface area contributed by atoms with Crippen LogP contribution in [0.25, 0.3) is 104 Å². The van der Waals surface area contributed by atoms with Gasteiger partial charge in [-0.15, -0.1) is 0 Å². The van der Waals surface area contributed by atoms with E-state index in [1.807, 2.05) is 30.5 Å². The Bertz CT molecular complexity index is 3370. The van der Waals surface area contributed by atoms with Crippen molar-refractivity contribution in [1.82, 2.24) is 14.5 Å². The van der Waals surface area contributed by atoms with Crippen LogP contribution in [0.1, 0.15) is 5.56 Å². The summed E-state index contributed by atoms with van der Waals surface area (Å²) in [6.45, 7) is 0. The Balaban J connectivity index is 1.11. The Kier molecular flexibility index (Phi) is 6.89. The molecule has 0 bridgehead atoms. The summed E-state index contributed by atoms with van der Waals surface area (Å²) in [5.74, 6) is 0. The number of rotatable bonds is 4. The van der Waals surface area contributed by atoms with E-state index in [2.05, 4.69) is 162 Å². The van der Waals surface area contributed by atoms with Gasteiger partial charge in [-0.05, 0) is 88.1 Å². The Morgan fingerprint density at radius 2 is 1.16 bits per heavy atom. The number of aromatic nitrogens is 3. The monoisotopic (exact) mass is 698 g/mol. The molecule has 0 radical (unpaired) electrons. The number of pyridine rings is 2. The van der Waals surface area contributed by atoms with Gasteiger partial charge >= 0.3 is 0 Å². The zero-order valence-electron chi connectivity index (χ0n) is 29.6. The van der Waals surface area contributed by atoms with E-state index in [0.29, 0.717) is 5.56 Å². The molecule has 0 unspecified atom stereocenters. The van der Waals surface area contributed by atoms with Gasteiger partial charge in [0.25, 0.3) is 0 Å². The molecule has 3 heterocycles. The minimum atomic E-state index is 0.650. The molecule has 0 spiro atoms. The molecule has 0 N–H and O–H groups in total. The number of hydrogen-bond acceptors (Lipinski definition) is 3. The average Bonchev–Trinajstić information content (AvgIpc) is 3.58. The number of hydrogen-bond donors (Lipinski definition) is 0. The Hall–Kier alpha value is -7.61. The van der Waals surface area contributed by atoms with E-state index in [1.54, 1.807) is 0 Å². The summed E-state index contributed by atoms with van der Waals surface area (Å²) in [5.41, 5.74) is 12.4. The standard InChI is InChI=1S/C51H30N4/c52-31-32-19-25-47-43(28-32)44-29-36(24-26-48(44)55(47)37-12-2-1-3-13-37)33-20-22-35(23-21-33)51-45-30-42(40-17-8-10-34-11-9-27-53-50(34)40)38-14-4-5-15-39(38)49(45)41-16-6-7-18-46(41)54-51/h1-30H. The topological polar surface area (TPSA) is 54.5 Å². The predicted octanol–water partition coefficient (Wildman–Crippen LogP) is 13.1. The van der Waals surface area contributed by atoms with Crippen molar-refractivity contribution in [2.45, 2.75) is 0 Å². The summed E-state index contributed by atoms with van der Waals surface area (Å²) in [5, 5.41) is 18.9. The highest BCUT2D eigenvalue weighted by atomic mass is 15.0. The van der Waals surface area contributed by atoms with Crippen molar-refractivity contribution in [3.8, 4) is 45.3 Å². The Labute approximate surface area is 316 Å². The summed E-state index contributed by atoms with van der Waals surface area (Å²) < 4.78 is 2.28. The molecule has 11 rings (SSSR count). The normalized spacial score (nSPS) is 11.6. The molecule has 254 valence electrons. The highest BCUT2D eigenvalue weighted by Gasteiger charge is 2.19. The molecule has 0 aliphatic carbocycles. The first-order valence-corrected chi connectivity index (χ1v) is 18.5. The van der Waals surface area contributed by atoms with E-state index < -0.39 is 0 Å². The van der Waals surface area contributed by atoms with Gasteiger partial charge in [-0.2, -0.15) is 5.26 Å². The van der Waals surface area contributed by atoms with Crippen LogP contribution in [0.5, 0.6) is 0 Å². The summed E-state index contributed by atoms with van der Waals surface area (Å²) >= 11 is 0. The molecule has 4 heteroatoms. The quantitative estimate of drug-likeness (QED) is 0.172. The summed E-state index contributed by atoms with van der Waals surface area (Å²) in [7, 11) is 0. The van der Waals surface area contributed by atoms with E-state index in [1.165, 1.54) is 16.2 Å². The van der Waals surface area contributed by atoms with Crippen LogP contribution < -0.4 is 0 Å². The third-order valence-electron chi connectivity index (χ3n) is 11.0. The predicted molar refractivity (Wildman–Crippen MR) is 227 cm³/mol. The van der Waals surface area contributed by atoms with Gasteiger partial charge in [0.2, 0.25) is 0 Å². The van der Waals surface area contributed by atoms with Gasteiger partial charge in [0, 0.05) is 55.3 Å². The lowest BCUT2D eigenvalue weighted by Gasteiger charge is -2.17. The highest BCUT2D eigenvalue weighted by Crippen LogP contribution is 2.43. The minimum absolute atomic E-state index is 0.650. The van der Waals surface area contributed by atoms with Crippen LogP contribution in [-0.4, -0.2) is 14.5 Å². The van der Waals surface area contributed by atoms with Crippen molar-refractivity contribution in [2.24, 2.45) is 0 Å². The Morgan fingerprint density at radius 3 is 2.00 bits per heavy atom. The molecular formula is C51H30N4. The van der Waals surface area contributed by atoms with E-state index in [9.17, 15) is 5.26 Å². The third-order valence-corrected chi connectivity index (χ3v) is 11.0. The number of fused-ring (bicyclic) bond motifs is 9. The van der Waals surface area contributed by atoms with Gasteiger partial charge in [-0.3, -0.25) is 4.98 Å². The third kappa shape index (κ3) is 4.84. The second-order valence-electron chi connectivity index (χ2n) is 14.1.